The van der Waals surface area contributed by atoms with Crippen molar-refractivity contribution in [2.45, 2.75) is 0 Å². The Morgan fingerprint density at radius 2 is 2.25 bits per heavy atom. The van der Waals surface area contributed by atoms with Crippen LogP contribution in [0.5, 0.6) is 5.75 Å². The summed E-state index contributed by atoms with van der Waals surface area (Å²) >= 11 is 0. The highest BCUT2D eigenvalue weighted by Gasteiger charge is 2.10. The Kier molecular flexibility index (Phi) is 4.27. The van der Waals surface area contributed by atoms with Crippen molar-refractivity contribution in [1.29, 1.82) is 0 Å². The monoisotopic (exact) mass is 222 g/mol. The summed E-state index contributed by atoms with van der Waals surface area (Å²) in [6.07, 6.45) is 5.10. The molecule has 0 aliphatic carbocycles. The number of carbonyl (C=O) groups excluding carboxylic acids is 1. The molecule has 16 heavy (non-hydrogen) atoms. The summed E-state index contributed by atoms with van der Waals surface area (Å²) in [5.41, 5.74) is 0.855. The van der Waals surface area contributed by atoms with Crippen molar-refractivity contribution >= 4 is 12.0 Å². The second-order valence-corrected chi connectivity index (χ2v) is 2.92. The van der Waals surface area contributed by atoms with Gasteiger partial charge in [0.15, 0.2) is 0 Å². The zero-order chi connectivity index (χ0) is 12.0. The number of benzene rings is 1. The highest BCUT2D eigenvalue weighted by atomic mass is 19.3. The van der Waals surface area contributed by atoms with Crippen molar-refractivity contribution in [3.8, 4) is 5.75 Å². The average molecular weight is 222 g/mol. The van der Waals surface area contributed by atoms with Gasteiger partial charge in [0.05, 0.1) is 12.7 Å². The molecule has 0 atom stereocenters. The highest BCUT2D eigenvalue weighted by Crippen LogP contribution is 2.22. The van der Waals surface area contributed by atoms with E-state index in [9.17, 15) is 9.32 Å². The molecule has 0 N–H and O–H groups in total. The van der Waals surface area contributed by atoms with E-state index in [2.05, 4.69) is 11.5 Å². The third kappa shape index (κ3) is 2.70. The molecule has 0 unspecified atom stereocenters. The Hall–Kier alpha value is -2.10. The first-order valence-corrected chi connectivity index (χ1v) is 4.53. The normalized spacial score (nSPS) is 10.1. The smallest absolute Gasteiger partial charge is 0.379 e. The molecule has 0 spiro atoms. The molecule has 0 bridgehead atoms. The van der Waals surface area contributed by atoms with E-state index in [-0.39, 0.29) is 5.56 Å². The van der Waals surface area contributed by atoms with Crippen molar-refractivity contribution < 1.29 is 19.0 Å². The molecule has 0 amide bonds. The quantitative estimate of drug-likeness (QED) is 0.735. The molecule has 0 fully saturated rings. The largest absolute Gasteiger partial charge is 0.496 e. The first-order chi connectivity index (χ1) is 7.72. The summed E-state index contributed by atoms with van der Waals surface area (Å²) in [7, 11) is 1.46. The molecule has 1 aromatic rings. The van der Waals surface area contributed by atoms with Crippen LogP contribution >= 0.6 is 0 Å². The lowest BCUT2D eigenvalue weighted by Gasteiger charge is -2.05. The van der Waals surface area contributed by atoms with Crippen molar-refractivity contribution in [2.24, 2.45) is 0 Å². The first-order valence-electron chi connectivity index (χ1n) is 4.53. The van der Waals surface area contributed by atoms with Gasteiger partial charge in [0.25, 0.3) is 0 Å². The Bertz CT molecular complexity index is 424. The van der Waals surface area contributed by atoms with Gasteiger partial charge in [-0.2, -0.15) is 0 Å². The average Bonchev–Trinajstić information content (AvgIpc) is 2.35. The zero-order valence-electron chi connectivity index (χ0n) is 8.77. The second-order valence-electron chi connectivity index (χ2n) is 2.92. The number of hydrogen-bond acceptors (Lipinski definition) is 3. The molecular weight excluding hydrogens is 211 g/mol. The number of hydrogen-bond donors (Lipinski definition) is 0. The number of carbonyl (C=O) groups is 1. The lowest BCUT2D eigenvalue weighted by Crippen LogP contribution is -1.99. The molecule has 0 aliphatic heterocycles. The van der Waals surface area contributed by atoms with Gasteiger partial charge in [-0.05, 0) is 12.1 Å². The number of allylic oxidation sites excluding steroid dienone is 2. The summed E-state index contributed by atoms with van der Waals surface area (Å²) in [5, 5.41) is 0. The molecule has 0 saturated heterocycles. The minimum atomic E-state index is -1.04. The number of halogens is 1. The van der Waals surface area contributed by atoms with Crippen LogP contribution in [0, 0.1) is 0 Å². The van der Waals surface area contributed by atoms with Crippen LogP contribution in [0.1, 0.15) is 15.9 Å². The van der Waals surface area contributed by atoms with E-state index in [0.29, 0.717) is 5.75 Å². The van der Waals surface area contributed by atoms with E-state index < -0.39 is 5.97 Å². The van der Waals surface area contributed by atoms with Crippen LogP contribution in [0.3, 0.4) is 0 Å². The number of methoxy groups -OCH3 is 1. The van der Waals surface area contributed by atoms with Gasteiger partial charge in [-0.15, -0.1) is 0 Å². The lowest BCUT2D eigenvalue weighted by molar-refractivity contribution is -0.0788. The summed E-state index contributed by atoms with van der Waals surface area (Å²) in [6.45, 7) is 3.54. The van der Waals surface area contributed by atoms with Crippen molar-refractivity contribution in [3.63, 3.8) is 0 Å². The summed E-state index contributed by atoms with van der Waals surface area (Å²) in [6, 6.07) is 4.49. The molecule has 0 radical (unpaired) electrons. The van der Waals surface area contributed by atoms with Crippen molar-refractivity contribution in [3.05, 3.63) is 48.1 Å². The number of ether oxygens (including phenoxy) is 1. The van der Waals surface area contributed by atoms with Crippen LogP contribution in [0.15, 0.2) is 36.9 Å². The van der Waals surface area contributed by atoms with Gasteiger partial charge < -0.3 is 4.74 Å². The van der Waals surface area contributed by atoms with Crippen molar-refractivity contribution in [2.75, 3.05) is 7.11 Å². The fourth-order valence-electron chi connectivity index (χ4n) is 1.19. The minimum Gasteiger partial charge on any atom is -0.496 e. The third-order valence-corrected chi connectivity index (χ3v) is 1.95. The Balaban J connectivity index is 3.11. The molecule has 1 aromatic carbocycles. The fraction of sp³-hybridized carbons (Fsp3) is 0.0833. The molecule has 4 heteroatoms. The van der Waals surface area contributed by atoms with Gasteiger partial charge in [-0.1, -0.05) is 30.9 Å². The first kappa shape index (κ1) is 12.0. The Labute approximate surface area is 92.7 Å². The molecule has 3 nitrogen and oxygen atoms in total. The maximum absolute atomic E-state index is 11.7. The van der Waals surface area contributed by atoms with Crippen LogP contribution in [-0.4, -0.2) is 13.1 Å². The predicted molar refractivity (Wildman–Crippen MR) is 58.7 cm³/mol. The maximum atomic E-state index is 11.7. The lowest BCUT2D eigenvalue weighted by atomic mass is 10.1. The van der Waals surface area contributed by atoms with E-state index in [1.165, 1.54) is 19.2 Å². The molecule has 1 rings (SSSR count). The molecule has 0 aliphatic rings. The van der Waals surface area contributed by atoms with E-state index in [0.717, 1.165) is 5.56 Å². The van der Waals surface area contributed by atoms with Crippen LogP contribution in [0.2, 0.25) is 0 Å². The zero-order valence-corrected chi connectivity index (χ0v) is 8.77. The molecule has 84 valence electrons. The van der Waals surface area contributed by atoms with Gasteiger partial charge >= 0.3 is 5.97 Å². The summed E-state index contributed by atoms with van der Waals surface area (Å²) < 4.78 is 16.8. The highest BCUT2D eigenvalue weighted by molar-refractivity contribution is 5.90. The Morgan fingerprint density at radius 3 is 2.81 bits per heavy atom. The summed E-state index contributed by atoms with van der Waals surface area (Å²) in [5.74, 6) is -0.585. The van der Waals surface area contributed by atoms with Gasteiger partial charge in [0.2, 0.25) is 0 Å². The van der Waals surface area contributed by atoms with E-state index in [4.69, 9.17) is 4.74 Å². The van der Waals surface area contributed by atoms with Gasteiger partial charge in [0.1, 0.15) is 5.75 Å². The van der Waals surface area contributed by atoms with Crippen LogP contribution in [0.25, 0.3) is 6.08 Å². The van der Waals surface area contributed by atoms with E-state index in [1.54, 1.807) is 24.3 Å². The van der Waals surface area contributed by atoms with Crippen LogP contribution in [0.4, 0.5) is 4.53 Å². The van der Waals surface area contributed by atoms with Crippen molar-refractivity contribution in [1.82, 2.24) is 0 Å². The number of rotatable bonds is 4. The predicted octanol–water partition coefficient (Wildman–Crippen LogP) is 2.94. The van der Waals surface area contributed by atoms with Gasteiger partial charge in [-0.25, -0.2) is 9.74 Å². The molecule has 0 aromatic heterocycles. The van der Waals surface area contributed by atoms with E-state index >= 15 is 0 Å². The third-order valence-electron chi connectivity index (χ3n) is 1.95. The molecule has 0 heterocycles. The van der Waals surface area contributed by atoms with Crippen LogP contribution in [-0.2, 0) is 4.94 Å². The minimum absolute atomic E-state index is 0.0927. The topological polar surface area (TPSA) is 35.5 Å². The van der Waals surface area contributed by atoms with Crippen LogP contribution < -0.4 is 4.74 Å². The van der Waals surface area contributed by atoms with Gasteiger partial charge in [-0.3, -0.25) is 0 Å². The SMILES string of the molecule is C=C/C=C/c1ccc(C(=O)OF)cc1OC. The second kappa shape index (κ2) is 5.70. The molecular formula is C12H11FO3. The van der Waals surface area contributed by atoms with E-state index in [1.807, 2.05) is 0 Å². The van der Waals surface area contributed by atoms with Gasteiger partial charge in [0, 0.05) is 10.1 Å². The molecule has 0 saturated carbocycles. The standard InChI is InChI=1S/C12H11FO3/c1-3-4-5-9-6-7-10(12(14)16-13)8-11(9)15-2/h3-8H,1H2,2H3/b5-4+. The summed E-state index contributed by atoms with van der Waals surface area (Å²) in [4.78, 5) is 14.0. The maximum Gasteiger partial charge on any atom is 0.379 e. The fourth-order valence-corrected chi connectivity index (χ4v) is 1.19. The Morgan fingerprint density at radius 1 is 1.50 bits per heavy atom.